The highest BCUT2D eigenvalue weighted by Crippen LogP contribution is 2.11. The molecule has 0 saturated heterocycles. The van der Waals surface area contributed by atoms with Crippen LogP contribution in [0, 0.1) is 5.41 Å². The number of rotatable bonds is 5. The molecule has 1 rings (SSSR count). The molecular formula is C10H15N5O. The van der Waals surface area contributed by atoms with Crippen LogP contribution < -0.4 is 16.3 Å². The molecular weight excluding hydrogens is 206 g/mol. The average molecular weight is 221 g/mol. The number of nitrogens with two attached hydrogens (primary N) is 1. The van der Waals surface area contributed by atoms with Crippen molar-refractivity contribution in [1.29, 1.82) is 5.41 Å². The first kappa shape index (κ1) is 11.8. The van der Waals surface area contributed by atoms with E-state index in [-0.39, 0.29) is 11.4 Å². The van der Waals surface area contributed by atoms with Crippen LogP contribution in [0.1, 0.15) is 0 Å². The van der Waals surface area contributed by atoms with Gasteiger partial charge in [0.1, 0.15) is 11.6 Å². The predicted molar refractivity (Wildman–Crippen MR) is 62.3 cm³/mol. The van der Waals surface area contributed by atoms with Crippen LogP contribution in [0.2, 0.25) is 0 Å². The Hall–Kier alpha value is -2.24. The molecule has 0 saturated carbocycles. The quantitative estimate of drug-likeness (QED) is 0.494. The van der Waals surface area contributed by atoms with E-state index in [1.807, 2.05) is 4.90 Å². The van der Waals surface area contributed by atoms with E-state index in [2.05, 4.69) is 18.1 Å². The molecule has 6 heteroatoms. The Kier molecular flexibility index (Phi) is 3.71. The highest BCUT2D eigenvalue weighted by Gasteiger charge is 2.08. The Morgan fingerprint density at radius 3 is 2.50 bits per heavy atom. The lowest BCUT2D eigenvalue weighted by molar-refractivity contribution is 0.171. The Balaban J connectivity index is 3.14. The third kappa shape index (κ3) is 2.41. The van der Waals surface area contributed by atoms with Gasteiger partial charge in [0, 0.05) is 19.2 Å². The van der Waals surface area contributed by atoms with Gasteiger partial charge in [-0.3, -0.25) is 5.41 Å². The summed E-state index contributed by atoms with van der Waals surface area (Å²) in [5.74, 6) is 0.570. The van der Waals surface area contributed by atoms with E-state index >= 15 is 0 Å². The molecule has 0 amide bonds. The Bertz CT molecular complexity index is 441. The molecule has 0 aliphatic heterocycles. The first-order valence-corrected chi connectivity index (χ1v) is 4.70. The summed E-state index contributed by atoms with van der Waals surface area (Å²) in [6, 6.07) is 1.49. The van der Waals surface area contributed by atoms with Crippen molar-refractivity contribution in [1.82, 2.24) is 9.71 Å². The van der Waals surface area contributed by atoms with Gasteiger partial charge in [-0.25, -0.2) is 0 Å². The maximum absolute atomic E-state index is 9.26. The van der Waals surface area contributed by atoms with E-state index in [0.29, 0.717) is 23.6 Å². The molecule has 0 fully saturated rings. The summed E-state index contributed by atoms with van der Waals surface area (Å²) in [6.07, 6.45) is 3.43. The lowest BCUT2D eigenvalue weighted by Gasteiger charge is -2.20. The minimum atomic E-state index is -0.312. The van der Waals surface area contributed by atoms with Gasteiger partial charge in [0.2, 0.25) is 0 Å². The van der Waals surface area contributed by atoms with Gasteiger partial charge in [-0.15, -0.1) is 17.9 Å². The second-order valence-corrected chi connectivity index (χ2v) is 3.16. The van der Waals surface area contributed by atoms with E-state index in [4.69, 9.17) is 11.1 Å². The normalized spacial score (nSPS) is 9.75. The van der Waals surface area contributed by atoms with E-state index in [1.165, 1.54) is 6.07 Å². The molecule has 0 bridgehead atoms. The number of nitrogen functional groups attached to an aromatic ring is 1. The molecule has 86 valence electrons. The molecule has 6 nitrogen and oxygen atoms in total. The average Bonchev–Trinajstić information content (AvgIpc) is 2.25. The summed E-state index contributed by atoms with van der Waals surface area (Å²) in [4.78, 5) is 5.73. The maximum Gasteiger partial charge on any atom is 0.259 e. The van der Waals surface area contributed by atoms with Crippen LogP contribution in [-0.4, -0.2) is 28.0 Å². The number of hydrogen-bond acceptors (Lipinski definition) is 5. The fraction of sp³-hybridized carbons (Fsp3) is 0.200. The zero-order valence-corrected chi connectivity index (χ0v) is 8.93. The first-order valence-electron chi connectivity index (χ1n) is 4.70. The molecule has 0 unspecified atom stereocenters. The van der Waals surface area contributed by atoms with E-state index in [9.17, 15) is 5.21 Å². The van der Waals surface area contributed by atoms with Gasteiger partial charge in [-0.05, 0) is 0 Å². The molecule has 0 atom stereocenters. The molecule has 4 N–H and O–H groups in total. The molecule has 0 radical (unpaired) electrons. The van der Waals surface area contributed by atoms with Crippen LogP contribution >= 0.6 is 0 Å². The van der Waals surface area contributed by atoms with Crippen molar-refractivity contribution >= 4 is 11.6 Å². The Labute approximate surface area is 93.4 Å². The standard InChI is InChI=1S/C10H15N5O/c1-3-5-14(6-4-2)9-7-8(11)15(16)10(12)13-9/h3-4,7,12,16H,1-2,5-6,11H2. The number of anilines is 2. The summed E-state index contributed by atoms with van der Waals surface area (Å²) in [5.41, 5.74) is 5.21. The highest BCUT2D eigenvalue weighted by molar-refractivity contribution is 5.47. The van der Waals surface area contributed by atoms with Crippen LogP contribution in [0.5, 0.6) is 0 Å². The maximum atomic E-state index is 9.26. The monoisotopic (exact) mass is 221 g/mol. The van der Waals surface area contributed by atoms with Gasteiger partial charge in [-0.1, -0.05) is 12.2 Å². The zero-order chi connectivity index (χ0) is 12.1. The van der Waals surface area contributed by atoms with E-state index < -0.39 is 0 Å². The summed E-state index contributed by atoms with van der Waals surface area (Å²) in [6.45, 7) is 8.39. The van der Waals surface area contributed by atoms with Crippen LogP contribution in [0.3, 0.4) is 0 Å². The van der Waals surface area contributed by atoms with Crippen molar-refractivity contribution in [2.24, 2.45) is 0 Å². The molecule has 1 heterocycles. The smallest absolute Gasteiger partial charge is 0.259 e. The second kappa shape index (κ2) is 5.01. The van der Waals surface area contributed by atoms with E-state index in [1.54, 1.807) is 12.2 Å². The summed E-state index contributed by atoms with van der Waals surface area (Å²) in [5, 5.41) is 16.7. The largest absolute Gasteiger partial charge is 0.423 e. The number of aromatic nitrogens is 2. The first-order chi connectivity index (χ1) is 7.60. The fourth-order valence-electron chi connectivity index (χ4n) is 1.24. The van der Waals surface area contributed by atoms with Crippen molar-refractivity contribution in [3.8, 4) is 0 Å². The Morgan fingerprint density at radius 1 is 1.50 bits per heavy atom. The van der Waals surface area contributed by atoms with Gasteiger partial charge in [-0.2, -0.15) is 4.98 Å². The number of nitrogens with one attached hydrogen (secondary N) is 1. The van der Waals surface area contributed by atoms with Gasteiger partial charge in [0.15, 0.2) is 0 Å². The van der Waals surface area contributed by atoms with Crippen LogP contribution in [0.4, 0.5) is 11.6 Å². The van der Waals surface area contributed by atoms with Gasteiger partial charge in [0.05, 0.1) is 0 Å². The molecule has 0 aliphatic carbocycles. The topological polar surface area (TPSA) is 91.2 Å². The third-order valence-electron chi connectivity index (χ3n) is 1.97. The van der Waals surface area contributed by atoms with Gasteiger partial charge >= 0.3 is 0 Å². The highest BCUT2D eigenvalue weighted by atomic mass is 16.5. The molecule has 16 heavy (non-hydrogen) atoms. The lowest BCUT2D eigenvalue weighted by Crippen LogP contribution is -2.30. The molecule has 1 aromatic heterocycles. The molecule has 0 aromatic carbocycles. The summed E-state index contributed by atoms with van der Waals surface area (Å²) >= 11 is 0. The Morgan fingerprint density at radius 2 is 2.06 bits per heavy atom. The van der Waals surface area contributed by atoms with Crippen LogP contribution in [0.15, 0.2) is 31.4 Å². The summed E-state index contributed by atoms with van der Waals surface area (Å²) in [7, 11) is 0. The van der Waals surface area contributed by atoms with Crippen molar-refractivity contribution in [2.75, 3.05) is 23.7 Å². The second-order valence-electron chi connectivity index (χ2n) is 3.16. The van der Waals surface area contributed by atoms with Gasteiger partial charge in [0.25, 0.3) is 5.62 Å². The molecule has 0 aliphatic rings. The van der Waals surface area contributed by atoms with Crippen molar-refractivity contribution < 1.29 is 5.21 Å². The van der Waals surface area contributed by atoms with Crippen molar-refractivity contribution in [3.63, 3.8) is 0 Å². The summed E-state index contributed by atoms with van der Waals surface area (Å²) < 4.78 is 0.517. The molecule has 1 aromatic rings. The van der Waals surface area contributed by atoms with Crippen molar-refractivity contribution in [2.45, 2.75) is 0 Å². The zero-order valence-electron chi connectivity index (χ0n) is 8.93. The van der Waals surface area contributed by atoms with Crippen LogP contribution in [-0.2, 0) is 0 Å². The lowest BCUT2D eigenvalue weighted by atomic mass is 10.4. The van der Waals surface area contributed by atoms with E-state index in [0.717, 1.165) is 0 Å². The van der Waals surface area contributed by atoms with Crippen molar-refractivity contribution in [3.05, 3.63) is 37.0 Å². The number of nitrogens with zero attached hydrogens (tertiary/aromatic N) is 3. The van der Waals surface area contributed by atoms with Crippen LogP contribution in [0.25, 0.3) is 0 Å². The minimum absolute atomic E-state index is 0.0631. The molecule has 0 spiro atoms. The third-order valence-corrected chi connectivity index (χ3v) is 1.97. The minimum Gasteiger partial charge on any atom is -0.423 e. The SMILES string of the molecule is C=CCN(CC=C)c1cc(N)n(O)c(=N)n1. The fourth-order valence-corrected chi connectivity index (χ4v) is 1.24. The number of hydrogen-bond donors (Lipinski definition) is 3. The predicted octanol–water partition coefficient (Wildman–Crippen LogP) is 0.360. The van der Waals surface area contributed by atoms with Gasteiger partial charge < -0.3 is 15.8 Å².